The third-order valence-electron chi connectivity index (χ3n) is 4.98. The number of piperidine rings is 1. The lowest BCUT2D eigenvalue weighted by atomic mass is 9.75. The highest BCUT2D eigenvalue weighted by atomic mass is 32.1. The van der Waals surface area contributed by atoms with Gasteiger partial charge in [-0.1, -0.05) is 12.1 Å². The largest absolute Gasteiger partial charge is 0.466 e. The zero-order valence-corrected chi connectivity index (χ0v) is 16.5. The fourth-order valence-corrected chi connectivity index (χ4v) is 4.51. The minimum atomic E-state index is -0.798. The Morgan fingerprint density at radius 2 is 1.96 bits per heavy atom. The van der Waals surface area contributed by atoms with Crippen LogP contribution in [0.15, 0.2) is 36.4 Å². The lowest BCUT2D eigenvalue weighted by Crippen LogP contribution is -2.51. The van der Waals surface area contributed by atoms with Crippen LogP contribution in [0.2, 0.25) is 0 Å². The van der Waals surface area contributed by atoms with Crippen LogP contribution < -0.4 is 0 Å². The normalized spacial score (nSPS) is 19.7. The number of ether oxygens (including phenoxy) is 1. The van der Waals surface area contributed by atoms with Crippen molar-refractivity contribution in [2.45, 2.75) is 33.1 Å². The minimum Gasteiger partial charge on any atom is -0.466 e. The molecule has 1 aliphatic rings. The molecule has 0 spiro atoms. The van der Waals surface area contributed by atoms with E-state index in [0.717, 1.165) is 16.9 Å². The lowest BCUT2D eigenvalue weighted by molar-refractivity contribution is -0.158. The summed E-state index contributed by atoms with van der Waals surface area (Å²) in [6.07, 6.45) is 1.81. The fraction of sp³-hybridized carbons (Fsp3) is 0.429. The molecule has 2 heterocycles. The van der Waals surface area contributed by atoms with E-state index >= 15 is 0 Å². The summed E-state index contributed by atoms with van der Waals surface area (Å²) in [6.45, 7) is 4.99. The van der Waals surface area contributed by atoms with Crippen LogP contribution in [0.1, 0.15) is 39.9 Å². The Morgan fingerprint density at radius 3 is 2.59 bits per heavy atom. The summed E-state index contributed by atoms with van der Waals surface area (Å²) in [7, 11) is 0. The van der Waals surface area contributed by atoms with Crippen LogP contribution in [0.4, 0.5) is 4.39 Å². The van der Waals surface area contributed by atoms with Crippen molar-refractivity contribution in [2.24, 2.45) is 5.41 Å². The number of amides is 1. The molecule has 0 unspecified atom stereocenters. The zero-order chi connectivity index (χ0) is 19.4. The number of aryl methyl sites for hydroxylation is 1. The molecule has 0 N–H and O–H groups in total. The first-order chi connectivity index (χ1) is 12.9. The maximum atomic E-state index is 13.3. The highest BCUT2D eigenvalue weighted by Crippen LogP contribution is 2.36. The highest BCUT2D eigenvalue weighted by molar-refractivity contribution is 7.13. The average Bonchev–Trinajstić information content (AvgIpc) is 3.10. The van der Waals surface area contributed by atoms with Crippen LogP contribution in [0.3, 0.4) is 0 Å². The van der Waals surface area contributed by atoms with Gasteiger partial charge >= 0.3 is 5.97 Å². The van der Waals surface area contributed by atoms with E-state index in [1.807, 2.05) is 19.1 Å². The standard InChI is InChI=1S/C21H24FNO3S/c1-3-26-20(25)21(13-16-6-8-17(22)9-7-16)11-4-12-23(14-21)19(24)18-10-5-15(2)27-18/h5-10H,3-4,11-14H2,1-2H3/t21-/m0/s1. The number of thiophene rings is 1. The second kappa shape index (κ2) is 8.21. The van der Waals surface area contributed by atoms with E-state index in [1.54, 1.807) is 24.0 Å². The van der Waals surface area contributed by atoms with E-state index in [-0.39, 0.29) is 17.7 Å². The van der Waals surface area contributed by atoms with Gasteiger partial charge in [0.05, 0.1) is 16.9 Å². The molecule has 1 aliphatic heterocycles. The van der Waals surface area contributed by atoms with Gasteiger partial charge in [-0.3, -0.25) is 9.59 Å². The Kier molecular flexibility index (Phi) is 5.95. The van der Waals surface area contributed by atoms with E-state index in [2.05, 4.69) is 0 Å². The fourth-order valence-electron chi connectivity index (χ4n) is 3.67. The third kappa shape index (κ3) is 4.38. The van der Waals surface area contributed by atoms with Gasteiger partial charge in [-0.15, -0.1) is 11.3 Å². The van der Waals surface area contributed by atoms with Gasteiger partial charge in [0.25, 0.3) is 5.91 Å². The summed E-state index contributed by atoms with van der Waals surface area (Å²) < 4.78 is 18.6. The first-order valence-electron chi connectivity index (χ1n) is 9.21. The average molecular weight is 389 g/mol. The van der Waals surface area contributed by atoms with Crippen molar-refractivity contribution in [1.29, 1.82) is 0 Å². The van der Waals surface area contributed by atoms with Gasteiger partial charge < -0.3 is 9.64 Å². The molecule has 1 amide bonds. The Hall–Kier alpha value is -2.21. The van der Waals surface area contributed by atoms with Crippen molar-refractivity contribution in [2.75, 3.05) is 19.7 Å². The van der Waals surface area contributed by atoms with Gasteiger partial charge in [-0.25, -0.2) is 4.39 Å². The van der Waals surface area contributed by atoms with E-state index in [4.69, 9.17) is 4.74 Å². The van der Waals surface area contributed by atoms with E-state index in [9.17, 15) is 14.0 Å². The molecule has 1 fully saturated rings. The number of nitrogens with zero attached hydrogens (tertiary/aromatic N) is 1. The second-order valence-corrected chi connectivity index (χ2v) is 8.33. The van der Waals surface area contributed by atoms with Crippen LogP contribution in [0.25, 0.3) is 0 Å². The molecular formula is C21H24FNO3S. The van der Waals surface area contributed by atoms with Crippen molar-refractivity contribution in [3.63, 3.8) is 0 Å². The van der Waals surface area contributed by atoms with Crippen molar-refractivity contribution in [3.8, 4) is 0 Å². The molecule has 0 aliphatic carbocycles. The van der Waals surface area contributed by atoms with E-state index in [1.165, 1.54) is 23.5 Å². The molecule has 2 aromatic rings. The van der Waals surface area contributed by atoms with Crippen LogP contribution in [-0.4, -0.2) is 36.5 Å². The molecule has 0 saturated carbocycles. The number of likely N-dealkylation sites (tertiary alicyclic amines) is 1. The van der Waals surface area contributed by atoms with Gasteiger partial charge in [-0.2, -0.15) is 0 Å². The number of carbonyl (C=O) groups excluding carboxylic acids is 2. The van der Waals surface area contributed by atoms with Crippen molar-refractivity contribution in [3.05, 3.63) is 57.5 Å². The molecule has 4 nitrogen and oxygen atoms in total. The predicted molar refractivity (Wildman–Crippen MR) is 103 cm³/mol. The lowest BCUT2D eigenvalue weighted by Gasteiger charge is -2.41. The van der Waals surface area contributed by atoms with E-state index in [0.29, 0.717) is 37.4 Å². The molecule has 27 heavy (non-hydrogen) atoms. The number of hydrogen-bond donors (Lipinski definition) is 0. The van der Waals surface area contributed by atoms with Crippen molar-refractivity contribution in [1.82, 2.24) is 4.90 Å². The van der Waals surface area contributed by atoms with Gasteiger partial charge in [0, 0.05) is 18.0 Å². The van der Waals surface area contributed by atoms with Crippen LogP contribution in [0, 0.1) is 18.2 Å². The predicted octanol–water partition coefficient (Wildman–Crippen LogP) is 4.22. The maximum Gasteiger partial charge on any atom is 0.314 e. The molecule has 1 saturated heterocycles. The number of carbonyl (C=O) groups is 2. The molecule has 1 aromatic carbocycles. The van der Waals surface area contributed by atoms with Gasteiger partial charge in [0.15, 0.2) is 0 Å². The Morgan fingerprint density at radius 1 is 1.22 bits per heavy atom. The first-order valence-corrected chi connectivity index (χ1v) is 10.0. The third-order valence-corrected chi connectivity index (χ3v) is 5.97. The topological polar surface area (TPSA) is 46.6 Å². The van der Waals surface area contributed by atoms with Crippen LogP contribution in [0.5, 0.6) is 0 Å². The first kappa shape index (κ1) is 19.5. The number of benzene rings is 1. The summed E-state index contributed by atoms with van der Waals surface area (Å²) >= 11 is 1.46. The minimum absolute atomic E-state index is 0.0411. The number of rotatable bonds is 5. The zero-order valence-electron chi connectivity index (χ0n) is 15.7. The number of hydrogen-bond acceptors (Lipinski definition) is 4. The number of esters is 1. The molecule has 6 heteroatoms. The van der Waals surface area contributed by atoms with Crippen LogP contribution in [-0.2, 0) is 16.0 Å². The molecule has 1 aromatic heterocycles. The Balaban J connectivity index is 1.86. The van der Waals surface area contributed by atoms with Crippen molar-refractivity contribution < 1.29 is 18.7 Å². The summed E-state index contributed by atoms with van der Waals surface area (Å²) in [5.74, 6) is -0.632. The quantitative estimate of drug-likeness (QED) is 0.719. The molecule has 144 valence electrons. The van der Waals surface area contributed by atoms with E-state index < -0.39 is 5.41 Å². The maximum absolute atomic E-state index is 13.3. The highest BCUT2D eigenvalue weighted by Gasteiger charge is 2.45. The molecule has 0 radical (unpaired) electrons. The smallest absolute Gasteiger partial charge is 0.314 e. The molecule has 3 rings (SSSR count). The van der Waals surface area contributed by atoms with Gasteiger partial charge in [-0.05, 0) is 62.9 Å². The monoisotopic (exact) mass is 389 g/mol. The van der Waals surface area contributed by atoms with Crippen LogP contribution >= 0.6 is 11.3 Å². The molecular weight excluding hydrogens is 365 g/mol. The molecule has 0 bridgehead atoms. The Labute approximate surface area is 162 Å². The Bertz CT molecular complexity index is 817. The van der Waals surface area contributed by atoms with Crippen molar-refractivity contribution >= 4 is 23.2 Å². The van der Waals surface area contributed by atoms with Gasteiger partial charge in [0.2, 0.25) is 0 Å². The van der Waals surface area contributed by atoms with Gasteiger partial charge in [0.1, 0.15) is 5.82 Å². The second-order valence-electron chi connectivity index (χ2n) is 7.04. The summed E-state index contributed by atoms with van der Waals surface area (Å²) in [5.41, 5.74) is 0.0688. The summed E-state index contributed by atoms with van der Waals surface area (Å²) in [5, 5.41) is 0. The SMILES string of the molecule is CCOC(=O)[C@]1(Cc2ccc(F)cc2)CCCN(C(=O)c2ccc(C)s2)C1. The number of halogens is 1. The molecule has 1 atom stereocenters. The summed E-state index contributed by atoms with van der Waals surface area (Å²) in [4.78, 5) is 29.3. The summed E-state index contributed by atoms with van der Waals surface area (Å²) in [6, 6.07) is 9.95.